The Morgan fingerprint density at radius 3 is 2.16 bits per heavy atom. The molecule has 0 aromatic heterocycles. The molecule has 100 valence electrons. The summed E-state index contributed by atoms with van der Waals surface area (Å²) in [5.41, 5.74) is 6.07. The molecule has 19 heavy (non-hydrogen) atoms. The molecule has 0 radical (unpaired) electrons. The SMILES string of the molecule is COc1ccc(Oc2ccccc2C(=N)N)cc1.Cl. The summed E-state index contributed by atoms with van der Waals surface area (Å²) in [6, 6.07) is 14.4. The highest BCUT2D eigenvalue weighted by atomic mass is 35.5. The number of hydrogen-bond donors (Lipinski definition) is 2. The van der Waals surface area contributed by atoms with E-state index in [4.69, 9.17) is 20.6 Å². The Bertz CT molecular complexity index is 556. The van der Waals surface area contributed by atoms with Crippen molar-refractivity contribution in [2.45, 2.75) is 0 Å². The molecule has 2 aromatic rings. The van der Waals surface area contributed by atoms with E-state index in [-0.39, 0.29) is 18.2 Å². The van der Waals surface area contributed by atoms with Gasteiger partial charge in [-0.3, -0.25) is 5.41 Å². The zero-order valence-electron chi connectivity index (χ0n) is 10.4. The quantitative estimate of drug-likeness (QED) is 0.667. The Labute approximate surface area is 118 Å². The van der Waals surface area contributed by atoms with Crippen molar-refractivity contribution in [2.24, 2.45) is 5.73 Å². The fourth-order valence-electron chi connectivity index (χ4n) is 1.55. The summed E-state index contributed by atoms with van der Waals surface area (Å²) in [6.07, 6.45) is 0. The lowest BCUT2D eigenvalue weighted by atomic mass is 10.2. The Balaban J connectivity index is 0.00000180. The average molecular weight is 279 g/mol. The first kappa shape index (κ1) is 14.9. The van der Waals surface area contributed by atoms with Crippen molar-refractivity contribution >= 4 is 18.2 Å². The first-order chi connectivity index (χ1) is 8.70. The average Bonchev–Trinajstić information content (AvgIpc) is 2.40. The smallest absolute Gasteiger partial charge is 0.138 e. The van der Waals surface area contributed by atoms with Crippen LogP contribution in [0.5, 0.6) is 17.2 Å². The number of nitrogen functional groups attached to an aromatic ring is 1. The monoisotopic (exact) mass is 278 g/mol. The van der Waals surface area contributed by atoms with Crippen LogP contribution in [0.3, 0.4) is 0 Å². The van der Waals surface area contributed by atoms with E-state index < -0.39 is 0 Å². The van der Waals surface area contributed by atoms with Crippen molar-refractivity contribution in [3.8, 4) is 17.2 Å². The predicted octanol–water partition coefficient (Wildman–Crippen LogP) is 3.19. The number of halogens is 1. The van der Waals surface area contributed by atoms with Gasteiger partial charge in [-0.2, -0.15) is 0 Å². The van der Waals surface area contributed by atoms with Crippen LogP contribution >= 0.6 is 12.4 Å². The molecule has 0 aliphatic carbocycles. The zero-order chi connectivity index (χ0) is 13.0. The molecule has 0 bridgehead atoms. The van der Waals surface area contributed by atoms with Gasteiger partial charge in [0.25, 0.3) is 0 Å². The van der Waals surface area contributed by atoms with Gasteiger partial charge >= 0.3 is 0 Å². The number of rotatable bonds is 4. The summed E-state index contributed by atoms with van der Waals surface area (Å²) in [4.78, 5) is 0. The largest absolute Gasteiger partial charge is 0.497 e. The first-order valence-electron chi connectivity index (χ1n) is 5.46. The number of para-hydroxylation sites is 1. The van der Waals surface area contributed by atoms with Gasteiger partial charge in [-0.1, -0.05) is 12.1 Å². The van der Waals surface area contributed by atoms with E-state index in [1.807, 2.05) is 24.3 Å². The number of nitrogens with one attached hydrogen (secondary N) is 1. The van der Waals surface area contributed by atoms with Crippen LogP contribution in [-0.2, 0) is 0 Å². The molecule has 0 saturated carbocycles. The Hall–Kier alpha value is -2.20. The zero-order valence-corrected chi connectivity index (χ0v) is 11.2. The highest BCUT2D eigenvalue weighted by molar-refractivity contribution is 5.97. The van der Waals surface area contributed by atoms with Crippen molar-refractivity contribution in [1.29, 1.82) is 5.41 Å². The van der Waals surface area contributed by atoms with E-state index in [1.54, 1.807) is 31.4 Å². The Morgan fingerprint density at radius 2 is 1.58 bits per heavy atom. The highest BCUT2D eigenvalue weighted by Gasteiger charge is 2.06. The lowest BCUT2D eigenvalue weighted by molar-refractivity contribution is 0.413. The van der Waals surface area contributed by atoms with Crippen molar-refractivity contribution in [1.82, 2.24) is 0 Å². The van der Waals surface area contributed by atoms with Gasteiger partial charge in [0.2, 0.25) is 0 Å². The molecule has 0 unspecified atom stereocenters. The molecule has 0 atom stereocenters. The van der Waals surface area contributed by atoms with E-state index in [2.05, 4.69) is 0 Å². The minimum absolute atomic E-state index is 0. The maximum Gasteiger partial charge on any atom is 0.138 e. The molecule has 2 aromatic carbocycles. The first-order valence-corrected chi connectivity index (χ1v) is 5.46. The van der Waals surface area contributed by atoms with Crippen molar-refractivity contribution < 1.29 is 9.47 Å². The summed E-state index contributed by atoms with van der Waals surface area (Å²) in [5.74, 6) is 1.99. The van der Waals surface area contributed by atoms with E-state index in [0.717, 1.165) is 5.75 Å². The van der Waals surface area contributed by atoms with Crippen molar-refractivity contribution in [3.05, 3.63) is 54.1 Å². The standard InChI is InChI=1S/C14H14N2O2.ClH/c1-17-10-6-8-11(9-7-10)18-13-5-3-2-4-12(13)14(15)16;/h2-9H,1H3,(H3,15,16);1H. The van der Waals surface area contributed by atoms with Crippen LogP contribution in [0.2, 0.25) is 0 Å². The topological polar surface area (TPSA) is 68.3 Å². The molecule has 0 aliphatic heterocycles. The predicted molar refractivity (Wildman–Crippen MR) is 77.8 cm³/mol. The number of hydrogen-bond acceptors (Lipinski definition) is 3. The van der Waals surface area contributed by atoms with E-state index >= 15 is 0 Å². The molecule has 0 heterocycles. The van der Waals surface area contributed by atoms with Crippen molar-refractivity contribution in [2.75, 3.05) is 7.11 Å². The third-order valence-corrected chi connectivity index (χ3v) is 2.46. The lowest BCUT2D eigenvalue weighted by Crippen LogP contribution is -2.12. The summed E-state index contributed by atoms with van der Waals surface area (Å²) in [5, 5.41) is 7.48. The van der Waals surface area contributed by atoms with Gasteiger partial charge < -0.3 is 15.2 Å². The van der Waals surface area contributed by atoms with E-state index in [9.17, 15) is 0 Å². The second kappa shape index (κ2) is 6.66. The third-order valence-electron chi connectivity index (χ3n) is 2.46. The van der Waals surface area contributed by atoms with Gasteiger partial charge in [0, 0.05) is 0 Å². The number of nitrogens with two attached hydrogens (primary N) is 1. The van der Waals surface area contributed by atoms with Crippen LogP contribution < -0.4 is 15.2 Å². The van der Waals surface area contributed by atoms with Gasteiger partial charge in [-0.15, -0.1) is 12.4 Å². The number of amidine groups is 1. The molecule has 0 aliphatic rings. The summed E-state index contributed by atoms with van der Waals surface area (Å²) in [6.45, 7) is 0. The molecule has 3 N–H and O–H groups in total. The van der Waals surface area contributed by atoms with Crippen LogP contribution in [0.15, 0.2) is 48.5 Å². The molecule has 0 fully saturated rings. The third kappa shape index (κ3) is 3.63. The van der Waals surface area contributed by atoms with Crippen LogP contribution in [0.4, 0.5) is 0 Å². The molecule has 2 rings (SSSR count). The maximum absolute atomic E-state index is 7.48. The Morgan fingerprint density at radius 1 is 1.00 bits per heavy atom. The fourth-order valence-corrected chi connectivity index (χ4v) is 1.55. The van der Waals surface area contributed by atoms with Gasteiger partial charge in [0.15, 0.2) is 0 Å². The molecule has 0 spiro atoms. The second-order valence-corrected chi connectivity index (χ2v) is 3.69. The molecule has 0 amide bonds. The highest BCUT2D eigenvalue weighted by Crippen LogP contribution is 2.26. The van der Waals surface area contributed by atoms with Crippen molar-refractivity contribution in [3.63, 3.8) is 0 Å². The molecule has 0 saturated heterocycles. The van der Waals surface area contributed by atoms with E-state index in [0.29, 0.717) is 17.1 Å². The van der Waals surface area contributed by atoms with Crippen LogP contribution in [0.1, 0.15) is 5.56 Å². The van der Waals surface area contributed by atoms with Crippen LogP contribution in [0, 0.1) is 5.41 Å². The molecule has 4 nitrogen and oxygen atoms in total. The van der Waals surface area contributed by atoms with Gasteiger partial charge in [0.05, 0.1) is 12.7 Å². The summed E-state index contributed by atoms with van der Waals surface area (Å²) in [7, 11) is 1.61. The van der Waals surface area contributed by atoms with Gasteiger partial charge in [0.1, 0.15) is 23.1 Å². The normalized spacial score (nSPS) is 9.32. The van der Waals surface area contributed by atoms with Gasteiger partial charge in [-0.05, 0) is 36.4 Å². The maximum atomic E-state index is 7.48. The van der Waals surface area contributed by atoms with E-state index in [1.165, 1.54) is 0 Å². The lowest BCUT2D eigenvalue weighted by Gasteiger charge is -2.10. The fraction of sp³-hybridized carbons (Fsp3) is 0.0714. The molecular formula is C14H15ClN2O2. The minimum atomic E-state index is -0.0147. The molecular weight excluding hydrogens is 264 g/mol. The second-order valence-electron chi connectivity index (χ2n) is 3.69. The number of benzene rings is 2. The van der Waals surface area contributed by atoms with Gasteiger partial charge in [-0.25, -0.2) is 0 Å². The summed E-state index contributed by atoms with van der Waals surface area (Å²) >= 11 is 0. The van der Waals surface area contributed by atoms with Crippen LogP contribution in [0.25, 0.3) is 0 Å². The number of methoxy groups -OCH3 is 1. The molecule has 5 heteroatoms. The minimum Gasteiger partial charge on any atom is -0.497 e. The van der Waals surface area contributed by atoms with Crippen LogP contribution in [-0.4, -0.2) is 12.9 Å². The summed E-state index contributed by atoms with van der Waals surface area (Å²) < 4.78 is 10.8. The number of ether oxygens (including phenoxy) is 2. The Kier molecular flexibility index (Phi) is 5.21.